The molecular weight excluding hydrogens is 527 g/mol. The molecule has 2 N–H and O–H groups in total. The number of aliphatic hydroxyl groups excluding tert-OH is 1. The van der Waals surface area contributed by atoms with E-state index in [0.717, 1.165) is 37.2 Å². The summed E-state index contributed by atoms with van der Waals surface area (Å²) in [6.45, 7) is 1.49. The van der Waals surface area contributed by atoms with Crippen molar-refractivity contribution in [2.75, 3.05) is 19.0 Å². The van der Waals surface area contributed by atoms with Gasteiger partial charge in [-0.1, -0.05) is 6.07 Å². The van der Waals surface area contributed by atoms with E-state index in [9.17, 15) is 23.1 Å². The van der Waals surface area contributed by atoms with Crippen LogP contribution in [0.1, 0.15) is 30.5 Å². The van der Waals surface area contributed by atoms with Gasteiger partial charge in [0.15, 0.2) is 6.29 Å². The molecule has 1 saturated heterocycles. The molecule has 2 unspecified atom stereocenters. The second-order valence-electron chi connectivity index (χ2n) is 9.56. The number of methoxy groups -OCH3 is 1. The molecule has 0 aliphatic carbocycles. The van der Waals surface area contributed by atoms with Crippen molar-refractivity contribution in [3.63, 3.8) is 0 Å². The molecule has 1 aliphatic heterocycles. The quantitative estimate of drug-likeness (QED) is 0.271. The predicted octanol–water partition coefficient (Wildman–Crippen LogP) is 5.64. The summed E-state index contributed by atoms with van der Waals surface area (Å²) in [6.07, 6.45) is 0.208. The van der Waals surface area contributed by atoms with Gasteiger partial charge in [0.25, 0.3) is 0 Å². The first-order valence-electron chi connectivity index (χ1n) is 12.7. The number of carbonyl (C=O) groups is 1. The molecule has 3 heterocycles. The van der Waals surface area contributed by atoms with Gasteiger partial charge < -0.3 is 19.9 Å². The summed E-state index contributed by atoms with van der Waals surface area (Å²) in [5.41, 5.74) is 0.527. The van der Waals surface area contributed by atoms with Crippen molar-refractivity contribution in [3.05, 3.63) is 78.4 Å². The van der Waals surface area contributed by atoms with Crippen LogP contribution in [0.3, 0.4) is 0 Å². The predicted molar refractivity (Wildman–Crippen MR) is 141 cm³/mol. The van der Waals surface area contributed by atoms with Crippen molar-refractivity contribution in [1.29, 1.82) is 0 Å². The van der Waals surface area contributed by atoms with Crippen LogP contribution in [0, 0.1) is 0 Å². The molecule has 0 radical (unpaired) electrons. The van der Waals surface area contributed by atoms with E-state index >= 15 is 0 Å². The second-order valence-corrected chi connectivity index (χ2v) is 9.56. The zero-order valence-electron chi connectivity index (χ0n) is 21.6. The number of carbonyl (C=O) groups excluding carboxylic acids is 1. The van der Waals surface area contributed by atoms with Crippen LogP contribution < -0.4 is 10.1 Å². The van der Waals surface area contributed by atoms with Gasteiger partial charge in [0.05, 0.1) is 16.8 Å². The van der Waals surface area contributed by atoms with Gasteiger partial charge in [-0.15, -0.1) is 0 Å². The minimum atomic E-state index is -4.51. The van der Waals surface area contributed by atoms with Crippen LogP contribution in [0.2, 0.25) is 0 Å². The third-order valence-electron chi connectivity index (χ3n) is 6.85. The number of alkyl halides is 3. The fourth-order valence-corrected chi connectivity index (χ4v) is 4.87. The van der Waals surface area contributed by atoms with Gasteiger partial charge in [0, 0.05) is 49.5 Å². The highest BCUT2D eigenvalue weighted by molar-refractivity contribution is 5.98. The Kier molecular flexibility index (Phi) is 8.01. The van der Waals surface area contributed by atoms with E-state index in [4.69, 9.17) is 9.47 Å². The first-order valence-corrected chi connectivity index (χ1v) is 12.7. The molecule has 1 amide bonds. The Labute approximate surface area is 228 Å². The topological polar surface area (TPSA) is 102 Å². The minimum absolute atomic E-state index is 0.0383. The summed E-state index contributed by atoms with van der Waals surface area (Å²) in [6, 6.07) is 12.7. The smallest absolute Gasteiger partial charge is 0.416 e. The van der Waals surface area contributed by atoms with Crippen molar-refractivity contribution in [2.45, 2.75) is 44.3 Å². The van der Waals surface area contributed by atoms with Gasteiger partial charge in [0.1, 0.15) is 12.1 Å². The summed E-state index contributed by atoms with van der Waals surface area (Å²) in [5, 5.41) is 13.1. The lowest BCUT2D eigenvalue weighted by Gasteiger charge is -2.25. The number of likely N-dealkylation sites (tertiary alicyclic amines) is 1. The summed E-state index contributed by atoms with van der Waals surface area (Å²) in [4.78, 5) is 23.6. The molecule has 5 rings (SSSR count). The molecular formula is C28H28F3N5O4. The van der Waals surface area contributed by atoms with E-state index in [1.807, 2.05) is 0 Å². The van der Waals surface area contributed by atoms with Gasteiger partial charge in [-0.25, -0.2) is 14.8 Å². The van der Waals surface area contributed by atoms with E-state index in [2.05, 4.69) is 20.2 Å². The molecule has 1 fully saturated rings. The Morgan fingerprint density at radius 3 is 2.83 bits per heavy atom. The van der Waals surface area contributed by atoms with E-state index < -0.39 is 24.1 Å². The highest BCUT2D eigenvalue weighted by Gasteiger charge is 2.30. The summed E-state index contributed by atoms with van der Waals surface area (Å²) in [7, 11) is 1.49. The van der Waals surface area contributed by atoms with Gasteiger partial charge in [0.2, 0.25) is 5.88 Å². The largest absolute Gasteiger partial charge is 0.439 e. The van der Waals surface area contributed by atoms with E-state index in [1.54, 1.807) is 30.3 Å². The standard InChI is InChI=1S/C28H28F3N5O4/c1-39-26(37)15-22-6-3-10-35(22)16-21-14-25(33-17-32-21)40-23-7-8-24-18(12-23)9-11-36(24)27(38)34-20-5-2-4-19(13-20)28(29,30)31/h2,4-5,7-9,11-14,17,22,26,37H,3,6,10,15-16H2,1H3,(H,34,38). The SMILES string of the molecule is COC(O)CC1CCCN1Cc1cc(Oc2ccc3c(ccn3C(=O)Nc3cccc(C(F)(F)F)c3)c2)ncn1. The maximum Gasteiger partial charge on any atom is 0.416 e. The van der Waals surface area contributed by atoms with Crippen molar-refractivity contribution < 1.29 is 32.5 Å². The molecule has 0 saturated carbocycles. The number of hydrogen-bond donors (Lipinski definition) is 2. The number of hydrogen-bond acceptors (Lipinski definition) is 7. The summed E-state index contributed by atoms with van der Waals surface area (Å²) >= 11 is 0. The van der Waals surface area contributed by atoms with Gasteiger partial charge in [-0.3, -0.25) is 9.47 Å². The number of nitrogens with zero attached hydrogens (tertiary/aromatic N) is 4. The molecule has 9 nitrogen and oxygen atoms in total. The fourth-order valence-electron chi connectivity index (χ4n) is 4.87. The lowest BCUT2D eigenvalue weighted by atomic mass is 10.1. The zero-order chi connectivity index (χ0) is 28.3. The fraction of sp³-hybridized carbons (Fsp3) is 0.321. The Morgan fingerprint density at radius 1 is 1.18 bits per heavy atom. The highest BCUT2D eigenvalue weighted by Crippen LogP contribution is 2.31. The number of halogens is 3. The maximum absolute atomic E-state index is 13.0. The third kappa shape index (κ3) is 6.41. The van der Waals surface area contributed by atoms with E-state index in [0.29, 0.717) is 35.5 Å². The second kappa shape index (κ2) is 11.6. The molecule has 2 aromatic heterocycles. The van der Waals surface area contributed by atoms with Crippen LogP contribution >= 0.6 is 0 Å². The normalized spacial score (nSPS) is 16.8. The number of aliphatic hydroxyl groups is 1. The number of rotatable bonds is 8. The maximum atomic E-state index is 13.0. The number of ether oxygens (including phenoxy) is 2. The molecule has 2 aromatic carbocycles. The molecule has 0 bridgehead atoms. The van der Waals surface area contributed by atoms with Crippen LogP contribution in [-0.4, -0.2) is 56.6 Å². The van der Waals surface area contributed by atoms with E-state index in [1.165, 1.54) is 36.3 Å². The lowest BCUT2D eigenvalue weighted by Crippen LogP contribution is -2.32. The number of aromatic nitrogens is 3. The molecule has 40 heavy (non-hydrogen) atoms. The molecule has 2 atom stereocenters. The summed E-state index contributed by atoms with van der Waals surface area (Å²) < 4.78 is 51.3. The molecule has 210 valence electrons. The van der Waals surface area contributed by atoms with Crippen LogP contribution in [0.5, 0.6) is 11.6 Å². The van der Waals surface area contributed by atoms with Crippen LogP contribution in [0.4, 0.5) is 23.7 Å². The number of benzene rings is 2. The van der Waals surface area contributed by atoms with Crippen LogP contribution in [-0.2, 0) is 17.5 Å². The average Bonchev–Trinajstić information content (AvgIpc) is 3.55. The van der Waals surface area contributed by atoms with Crippen LogP contribution in [0.15, 0.2) is 67.1 Å². The lowest BCUT2D eigenvalue weighted by molar-refractivity contribution is -0.137. The van der Waals surface area contributed by atoms with Gasteiger partial charge >= 0.3 is 12.2 Å². The molecule has 1 aliphatic rings. The van der Waals surface area contributed by atoms with Gasteiger partial charge in [-0.05, 0) is 61.9 Å². The first-order chi connectivity index (χ1) is 19.2. The van der Waals surface area contributed by atoms with Gasteiger partial charge in [-0.2, -0.15) is 13.2 Å². The Hall–Kier alpha value is -4.00. The van der Waals surface area contributed by atoms with Crippen molar-refractivity contribution in [3.8, 4) is 11.6 Å². The molecule has 4 aromatic rings. The molecule has 0 spiro atoms. The average molecular weight is 556 g/mol. The highest BCUT2D eigenvalue weighted by atomic mass is 19.4. The molecule has 12 heteroatoms. The zero-order valence-corrected chi connectivity index (χ0v) is 21.6. The first kappa shape index (κ1) is 27.6. The Bertz CT molecular complexity index is 1490. The van der Waals surface area contributed by atoms with Crippen molar-refractivity contribution in [1.82, 2.24) is 19.4 Å². The Balaban J connectivity index is 1.26. The number of amides is 1. The monoisotopic (exact) mass is 555 g/mol. The van der Waals surface area contributed by atoms with E-state index in [-0.39, 0.29) is 11.7 Å². The van der Waals surface area contributed by atoms with Crippen LogP contribution in [0.25, 0.3) is 10.9 Å². The third-order valence-corrected chi connectivity index (χ3v) is 6.85. The van der Waals surface area contributed by atoms with Crippen molar-refractivity contribution in [2.24, 2.45) is 0 Å². The summed E-state index contributed by atoms with van der Waals surface area (Å²) in [5.74, 6) is 0.856. The number of nitrogens with one attached hydrogen (secondary N) is 1. The Morgan fingerprint density at radius 2 is 2.02 bits per heavy atom. The minimum Gasteiger partial charge on any atom is -0.439 e. The number of anilines is 1. The number of fused-ring (bicyclic) bond motifs is 1. The van der Waals surface area contributed by atoms with Crippen molar-refractivity contribution >= 4 is 22.6 Å².